The van der Waals surface area contributed by atoms with Crippen LogP contribution in [-0.2, 0) is 11.2 Å². The second-order valence-electron chi connectivity index (χ2n) is 4.18. The molecular weight excluding hydrogens is 244 g/mol. The Balaban J connectivity index is 2.76. The highest BCUT2D eigenvalue weighted by Crippen LogP contribution is 2.27. The van der Waals surface area contributed by atoms with Crippen LogP contribution >= 0.6 is 0 Å². The van der Waals surface area contributed by atoms with Crippen LogP contribution in [0.1, 0.15) is 18.9 Å². The lowest BCUT2D eigenvalue weighted by atomic mass is 9.99. The van der Waals surface area contributed by atoms with E-state index in [9.17, 15) is 9.90 Å². The zero-order valence-corrected chi connectivity index (χ0v) is 11.1. The average Bonchev–Trinajstić information content (AvgIpc) is 2.43. The second kappa shape index (κ2) is 7.27. The Bertz CT molecular complexity index is 480. The van der Waals surface area contributed by atoms with Crippen molar-refractivity contribution in [3.8, 4) is 17.6 Å². The predicted molar refractivity (Wildman–Crippen MR) is 70.8 cm³/mol. The first-order chi connectivity index (χ1) is 9.12. The molecule has 0 radical (unpaired) electrons. The summed E-state index contributed by atoms with van der Waals surface area (Å²) in [5, 5.41) is 21.2. The Hall–Kier alpha value is -2.22. The first kappa shape index (κ1) is 14.8. The third-order valence-corrected chi connectivity index (χ3v) is 2.71. The van der Waals surface area contributed by atoms with Gasteiger partial charge in [0.25, 0.3) is 0 Å². The van der Waals surface area contributed by atoms with E-state index in [-0.39, 0.29) is 11.7 Å². The number of benzene rings is 1. The summed E-state index contributed by atoms with van der Waals surface area (Å²) in [5.74, 6) is -0.629. The fourth-order valence-electron chi connectivity index (χ4n) is 1.65. The summed E-state index contributed by atoms with van der Waals surface area (Å²) in [7, 11) is 1.45. The number of nitrogens with one attached hydrogen (secondary N) is 1. The number of rotatable bonds is 6. The molecule has 5 nitrogen and oxygen atoms in total. The van der Waals surface area contributed by atoms with Gasteiger partial charge in [0.1, 0.15) is 5.92 Å². The van der Waals surface area contributed by atoms with Gasteiger partial charge in [0.05, 0.1) is 13.2 Å². The number of nitrogens with zero attached hydrogens (tertiary/aromatic N) is 1. The summed E-state index contributed by atoms with van der Waals surface area (Å²) in [6.45, 7) is 2.52. The van der Waals surface area contributed by atoms with Gasteiger partial charge in [-0.1, -0.05) is 13.0 Å². The normalized spacial score (nSPS) is 11.4. The number of nitriles is 1. The first-order valence-electron chi connectivity index (χ1n) is 6.15. The molecule has 1 rings (SSSR count). The highest BCUT2D eigenvalue weighted by atomic mass is 16.5. The Labute approximate surface area is 112 Å². The van der Waals surface area contributed by atoms with Crippen molar-refractivity contribution in [1.82, 2.24) is 5.32 Å². The number of carbonyl (C=O) groups excluding carboxylic acids is 1. The van der Waals surface area contributed by atoms with Gasteiger partial charge in [-0.3, -0.25) is 4.79 Å². The topological polar surface area (TPSA) is 82.4 Å². The fourth-order valence-corrected chi connectivity index (χ4v) is 1.65. The van der Waals surface area contributed by atoms with Gasteiger partial charge in [-0.05, 0) is 30.5 Å². The minimum absolute atomic E-state index is 0.0372. The molecule has 0 aliphatic heterocycles. The summed E-state index contributed by atoms with van der Waals surface area (Å²) < 4.78 is 4.99. The van der Waals surface area contributed by atoms with E-state index in [4.69, 9.17) is 10.00 Å². The number of amides is 1. The molecule has 1 aromatic carbocycles. The maximum Gasteiger partial charge on any atom is 0.237 e. The van der Waals surface area contributed by atoms with Crippen molar-refractivity contribution in [2.24, 2.45) is 5.92 Å². The van der Waals surface area contributed by atoms with Crippen molar-refractivity contribution in [1.29, 1.82) is 5.26 Å². The van der Waals surface area contributed by atoms with Crippen LogP contribution in [-0.4, -0.2) is 24.7 Å². The quantitative estimate of drug-likeness (QED) is 0.816. The fraction of sp³-hybridized carbons (Fsp3) is 0.429. The molecule has 0 spiro atoms. The monoisotopic (exact) mass is 262 g/mol. The van der Waals surface area contributed by atoms with Crippen molar-refractivity contribution in [2.45, 2.75) is 19.8 Å². The zero-order chi connectivity index (χ0) is 14.3. The molecule has 5 heteroatoms. The lowest BCUT2D eigenvalue weighted by Crippen LogP contribution is -2.31. The zero-order valence-electron chi connectivity index (χ0n) is 11.1. The summed E-state index contributed by atoms with van der Waals surface area (Å²) in [5.41, 5.74) is 0.771. The second-order valence-corrected chi connectivity index (χ2v) is 4.18. The number of carbonyl (C=O) groups is 1. The van der Waals surface area contributed by atoms with E-state index >= 15 is 0 Å². The van der Waals surface area contributed by atoms with Crippen molar-refractivity contribution in [2.75, 3.05) is 13.7 Å². The highest BCUT2D eigenvalue weighted by molar-refractivity contribution is 5.81. The average molecular weight is 262 g/mol. The summed E-state index contributed by atoms with van der Waals surface area (Å²) in [6, 6.07) is 6.80. The van der Waals surface area contributed by atoms with Crippen LogP contribution in [0.3, 0.4) is 0 Å². The molecule has 1 amide bonds. The molecule has 0 bridgehead atoms. The van der Waals surface area contributed by atoms with Crippen molar-refractivity contribution in [3.05, 3.63) is 23.8 Å². The number of ether oxygens (including phenoxy) is 1. The standard InChI is InChI=1S/C14H18N2O3/c1-3-6-16-14(18)11(9-15)7-10-4-5-12(17)13(8-10)19-2/h4-5,8,11,17H,3,6-7H2,1-2H3,(H,16,18). The molecule has 102 valence electrons. The molecule has 1 unspecified atom stereocenters. The van der Waals surface area contributed by atoms with Crippen LogP contribution in [0.2, 0.25) is 0 Å². The van der Waals surface area contributed by atoms with Gasteiger partial charge in [-0.15, -0.1) is 0 Å². The molecule has 19 heavy (non-hydrogen) atoms. The largest absolute Gasteiger partial charge is 0.504 e. The minimum Gasteiger partial charge on any atom is -0.504 e. The molecule has 0 aliphatic carbocycles. The van der Waals surface area contributed by atoms with Crippen LogP contribution in [0.5, 0.6) is 11.5 Å². The molecule has 0 aliphatic rings. The van der Waals surface area contributed by atoms with E-state index in [1.165, 1.54) is 13.2 Å². The number of hydrogen-bond acceptors (Lipinski definition) is 4. The summed E-state index contributed by atoms with van der Waals surface area (Å²) in [6.07, 6.45) is 1.12. The number of phenolic OH excluding ortho intramolecular Hbond substituents is 1. The van der Waals surface area contributed by atoms with Gasteiger partial charge in [0, 0.05) is 6.54 Å². The number of hydrogen-bond donors (Lipinski definition) is 2. The van der Waals surface area contributed by atoms with Crippen LogP contribution in [0.15, 0.2) is 18.2 Å². The summed E-state index contributed by atoms with van der Waals surface area (Å²) in [4.78, 5) is 11.7. The molecule has 0 saturated carbocycles. The van der Waals surface area contributed by atoms with Crippen LogP contribution in [0, 0.1) is 17.2 Å². The van der Waals surface area contributed by atoms with Crippen molar-refractivity contribution >= 4 is 5.91 Å². The van der Waals surface area contributed by atoms with Crippen LogP contribution in [0.25, 0.3) is 0 Å². The Morgan fingerprint density at radius 2 is 2.32 bits per heavy atom. The Morgan fingerprint density at radius 1 is 1.58 bits per heavy atom. The number of aromatic hydroxyl groups is 1. The molecule has 1 aromatic rings. The van der Waals surface area contributed by atoms with Gasteiger partial charge >= 0.3 is 0 Å². The van der Waals surface area contributed by atoms with E-state index in [0.717, 1.165) is 12.0 Å². The van der Waals surface area contributed by atoms with E-state index in [0.29, 0.717) is 18.7 Å². The van der Waals surface area contributed by atoms with Gasteiger partial charge in [-0.25, -0.2) is 0 Å². The predicted octanol–water partition coefficient (Wildman–Crippen LogP) is 1.61. The molecule has 0 aromatic heterocycles. The lowest BCUT2D eigenvalue weighted by Gasteiger charge is -2.11. The maximum absolute atomic E-state index is 11.7. The van der Waals surface area contributed by atoms with Crippen LogP contribution < -0.4 is 10.1 Å². The van der Waals surface area contributed by atoms with Crippen molar-refractivity contribution in [3.63, 3.8) is 0 Å². The van der Waals surface area contributed by atoms with Gasteiger partial charge < -0.3 is 15.2 Å². The Morgan fingerprint density at radius 3 is 2.89 bits per heavy atom. The SMILES string of the molecule is CCCNC(=O)C(C#N)Cc1ccc(O)c(OC)c1. The van der Waals surface area contributed by atoms with E-state index in [1.807, 2.05) is 13.0 Å². The smallest absolute Gasteiger partial charge is 0.237 e. The van der Waals surface area contributed by atoms with Gasteiger partial charge in [0.15, 0.2) is 11.5 Å². The van der Waals surface area contributed by atoms with Crippen LogP contribution in [0.4, 0.5) is 0 Å². The highest BCUT2D eigenvalue weighted by Gasteiger charge is 2.18. The molecule has 0 fully saturated rings. The van der Waals surface area contributed by atoms with E-state index < -0.39 is 5.92 Å². The Kier molecular flexibility index (Phi) is 5.68. The van der Waals surface area contributed by atoms with Gasteiger partial charge in [-0.2, -0.15) is 5.26 Å². The molecule has 1 atom stereocenters. The first-order valence-corrected chi connectivity index (χ1v) is 6.15. The third kappa shape index (κ3) is 4.18. The number of phenols is 1. The lowest BCUT2D eigenvalue weighted by molar-refractivity contribution is -0.123. The van der Waals surface area contributed by atoms with Gasteiger partial charge in [0.2, 0.25) is 5.91 Å². The summed E-state index contributed by atoms with van der Waals surface area (Å²) >= 11 is 0. The molecule has 2 N–H and O–H groups in total. The number of methoxy groups -OCH3 is 1. The maximum atomic E-state index is 11.7. The van der Waals surface area contributed by atoms with Crippen molar-refractivity contribution < 1.29 is 14.6 Å². The molecular formula is C14H18N2O3. The minimum atomic E-state index is -0.735. The van der Waals surface area contributed by atoms with E-state index in [2.05, 4.69) is 5.32 Å². The molecule has 0 heterocycles. The van der Waals surface area contributed by atoms with E-state index in [1.54, 1.807) is 12.1 Å². The third-order valence-electron chi connectivity index (χ3n) is 2.71. The molecule has 0 saturated heterocycles.